The van der Waals surface area contributed by atoms with E-state index in [0.29, 0.717) is 23.6 Å². The minimum absolute atomic E-state index is 0.0877. The number of benzene rings is 2. The molecule has 7 heteroatoms. The summed E-state index contributed by atoms with van der Waals surface area (Å²) >= 11 is 0. The maximum absolute atomic E-state index is 13.1. The molecule has 1 unspecified atom stereocenters. The highest BCUT2D eigenvalue weighted by Gasteiger charge is 2.46. The lowest BCUT2D eigenvalue weighted by molar-refractivity contribution is -0.139. The molecule has 2 aliphatic rings. The van der Waals surface area contributed by atoms with Gasteiger partial charge in [-0.05, 0) is 30.7 Å². The van der Waals surface area contributed by atoms with Crippen molar-refractivity contribution in [3.8, 4) is 11.5 Å². The molecule has 2 aromatic carbocycles. The number of carbonyl (C=O) groups is 2. The minimum Gasteiger partial charge on any atom is -0.507 e. The molecule has 158 valence electrons. The Morgan fingerprint density at radius 3 is 2.81 bits per heavy atom. The summed E-state index contributed by atoms with van der Waals surface area (Å²) in [6.07, 6.45) is 3.45. The number of nitrogens with one attached hydrogen (secondary N) is 1. The van der Waals surface area contributed by atoms with Crippen molar-refractivity contribution in [1.29, 1.82) is 0 Å². The summed E-state index contributed by atoms with van der Waals surface area (Å²) in [5, 5.41) is 12.1. The number of ketones is 1. The first-order chi connectivity index (χ1) is 15.1. The van der Waals surface area contributed by atoms with Crippen molar-refractivity contribution in [3.63, 3.8) is 0 Å². The summed E-state index contributed by atoms with van der Waals surface area (Å²) in [6, 6.07) is 12.0. The lowest BCUT2D eigenvalue weighted by atomic mass is 9.94. The highest BCUT2D eigenvalue weighted by Crippen LogP contribution is 2.43. The monoisotopic (exact) mass is 418 g/mol. The van der Waals surface area contributed by atoms with Crippen molar-refractivity contribution >= 4 is 28.4 Å². The number of hydrogen-bond donors (Lipinski definition) is 2. The summed E-state index contributed by atoms with van der Waals surface area (Å²) in [4.78, 5) is 30.8. The molecule has 3 heterocycles. The highest BCUT2D eigenvalue weighted by atomic mass is 16.7. The second-order valence-corrected chi connectivity index (χ2v) is 7.70. The maximum Gasteiger partial charge on any atom is 0.295 e. The predicted molar refractivity (Wildman–Crippen MR) is 115 cm³/mol. The van der Waals surface area contributed by atoms with Gasteiger partial charge in [-0.2, -0.15) is 0 Å². The molecule has 5 rings (SSSR count). The number of amides is 1. The van der Waals surface area contributed by atoms with Crippen LogP contribution in [0.2, 0.25) is 0 Å². The number of aliphatic hydroxyl groups excluding tert-OH is 1. The third kappa shape index (κ3) is 3.04. The van der Waals surface area contributed by atoms with Crippen LogP contribution in [0.25, 0.3) is 16.7 Å². The molecule has 3 aromatic rings. The zero-order chi connectivity index (χ0) is 21.5. The van der Waals surface area contributed by atoms with Crippen LogP contribution in [-0.4, -0.2) is 40.0 Å². The zero-order valence-corrected chi connectivity index (χ0v) is 17.1. The fourth-order valence-electron chi connectivity index (χ4n) is 4.28. The molecule has 2 N–H and O–H groups in total. The van der Waals surface area contributed by atoms with E-state index in [0.717, 1.165) is 29.3 Å². The smallest absolute Gasteiger partial charge is 0.295 e. The molecular formula is C24H22N2O5. The number of Topliss-reactive ketones (excluding diaryl/α,β-unsaturated/α-hetero) is 1. The van der Waals surface area contributed by atoms with E-state index in [1.54, 1.807) is 23.1 Å². The molecule has 0 radical (unpaired) electrons. The van der Waals surface area contributed by atoms with Crippen LogP contribution in [0.4, 0.5) is 0 Å². The summed E-state index contributed by atoms with van der Waals surface area (Å²) in [6.45, 7) is 2.57. The van der Waals surface area contributed by atoms with Crippen LogP contribution in [0.15, 0.2) is 54.2 Å². The number of H-pyrrole nitrogens is 1. The Balaban J connectivity index is 1.69. The van der Waals surface area contributed by atoms with Gasteiger partial charge >= 0.3 is 0 Å². The summed E-state index contributed by atoms with van der Waals surface area (Å²) < 4.78 is 10.7. The van der Waals surface area contributed by atoms with E-state index >= 15 is 0 Å². The Labute approximate surface area is 178 Å². The van der Waals surface area contributed by atoms with Gasteiger partial charge in [-0.3, -0.25) is 9.59 Å². The van der Waals surface area contributed by atoms with E-state index in [1.165, 1.54) is 0 Å². The number of hydrogen-bond acceptors (Lipinski definition) is 5. The molecule has 0 saturated carbocycles. The van der Waals surface area contributed by atoms with Gasteiger partial charge in [0.2, 0.25) is 6.79 Å². The quantitative estimate of drug-likeness (QED) is 0.369. The summed E-state index contributed by atoms with van der Waals surface area (Å²) in [5.74, 6) is -0.417. The number of unbranched alkanes of at least 4 members (excludes halogenated alkanes) is 1. The van der Waals surface area contributed by atoms with Gasteiger partial charge in [-0.25, -0.2) is 0 Å². The Morgan fingerprint density at radius 1 is 1.16 bits per heavy atom. The number of fused-ring (bicyclic) bond motifs is 2. The van der Waals surface area contributed by atoms with Gasteiger partial charge in [0.15, 0.2) is 11.5 Å². The molecule has 2 aliphatic heterocycles. The normalized spacial score (nSPS) is 19.5. The number of nitrogens with zero attached hydrogens (tertiary/aromatic N) is 1. The molecule has 0 aliphatic carbocycles. The molecule has 1 saturated heterocycles. The Kier molecular flexibility index (Phi) is 4.66. The minimum atomic E-state index is -0.679. The Bertz CT molecular complexity index is 1230. The number of ether oxygens (including phenoxy) is 2. The van der Waals surface area contributed by atoms with Crippen molar-refractivity contribution in [2.75, 3.05) is 13.3 Å². The first-order valence-electron chi connectivity index (χ1n) is 10.3. The SMILES string of the molecule is CCCCN1C(=O)C(=O)/C(=C(/O)c2ccc3c(c2)OCO3)C1c1c[nH]c2ccccc12. The topological polar surface area (TPSA) is 91.9 Å². The van der Waals surface area contributed by atoms with E-state index in [-0.39, 0.29) is 18.1 Å². The molecule has 1 amide bonds. The van der Waals surface area contributed by atoms with Gasteiger partial charge in [-0.15, -0.1) is 0 Å². The number of aliphatic hydroxyl groups is 1. The lowest BCUT2D eigenvalue weighted by Gasteiger charge is -2.24. The van der Waals surface area contributed by atoms with E-state index < -0.39 is 17.7 Å². The number of carbonyl (C=O) groups excluding carboxylic acids is 2. The van der Waals surface area contributed by atoms with Crippen molar-refractivity contribution in [3.05, 3.63) is 65.4 Å². The van der Waals surface area contributed by atoms with Crippen LogP contribution in [0.5, 0.6) is 11.5 Å². The molecule has 1 aromatic heterocycles. The Hall–Kier alpha value is -3.74. The van der Waals surface area contributed by atoms with Crippen molar-refractivity contribution in [1.82, 2.24) is 9.88 Å². The first kappa shape index (κ1) is 19.2. The second kappa shape index (κ2) is 7.50. The van der Waals surface area contributed by atoms with Gasteiger partial charge in [0.05, 0.1) is 11.6 Å². The number of aromatic amines is 1. The first-order valence-corrected chi connectivity index (χ1v) is 10.3. The standard InChI is InChI=1S/C24H22N2O5/c1-2-3-10-26-21(16-12-25-17-7-5-4-6-15(16)17)20(23(28)24(26)29)22(27)14-8-9-18-19(11-14)31-13-30-18/h4-9,11-12,21,25,27H,2-3,10,13H2,1H3/b22-20+. The van der Waals surface area contributed by atoms with Crippen LogP contribution in [0.1, 0.15) is 36.9 Å². The molecule has 1 atom stereocenters. The fourth-order valence-corrected chi connectivity index (χ4v) is 4.28. The predicted octanol–water partition coefficient (Wildman–Crippen LogP) is 4.12. The van der Waals surface area contributed by atoms with Gasteiger partial charge in [0.1, 0.15) is 5.76 Å². The van der Waals surface area contributed by atoms with E-state index in [2.05, 4.69) is 4.98 Å². The average molecular weight is 418 g/mol. The van der Waals surface area contributed by atoms with Crippen LogP contribution >= 0.6 is 0 Å². The van der Waals surface area contributed by atoms with Crippen LogP contribution < -0.4 is 9.47 Å². The van der Waals surface area contributed by atoms with Gasteiger partial charge in [0.25, 0.3) is 11.7 Å². The molecule has 7 nitrogen and oxygen atoms in total. The van der Waals surface area contributed by atoms with E-state index in [4.69, 9.17) is 9.47 Å². The lowest BCUT2D eigenvalue weighted by Crippen LogP contribution is -2.30. The van der Waals surface area contributed by atoms with Crippen molar-refractivity contribution in [2.45, 2.75) is 25.8 Å². The zero-order valence-electron chi connectivity index (χ0n) is 17.1. The molecule has 0 spiro atoms. The number of aromatic nitrogens is 1. The number of likely N-dealkylation sites (tertiary alicyclic amines) is 1. The number of rotatable bonds is 5. The van der Waals surface area contributed by atoms with Crippen LogP contribution in [0.3, 0.4) is 0 Å². The Morgan fingerprint density at radius 2 is 1.97 bits per heavy atom. The van der Waals surface area contributed by atoms with Crippen molar-refractivity contribution < 1.29 is 24.2 Å². The van der Waals surface area contributed by atoms with E-state index in [1.807, 2.05) is 37.4 Å². The molecule has 0 bridgehead atoms. The molecular weight excluding hydrogens is 396 g/mol. The average Bonchev–Trinajstić information content (AvgIpc) is 3.48. The largest absolute Gasteiger partial charge is 0.507 e. The molecule has 31 heavy (non-hydrogen) atoms. The third-order valence-corrected chi connectivity index (χ3v) is 5.85. The molecule has 1 fully saturated rings. The summed E-state index contributed by atoms with van der Waals surface area (Å²) in [7, 11) is 0. The summed E-state index contributed by atoms with van der Waals surface area (Å²) in [5.41, 5.74) is 2.18. The van der Waals surface area contributed by atoms with Crippen molar-refractivity contribution in [2.24, 2.45) is 0 Å². The van der Waals surface area contributed by atoms with Gasteiger partial charge in [0, 0.05) is 34.8 Å². The fraction of sp³-hybridized carbons (Fsp3) is 0.250. The third-order valence-electron chi connectivity index (χ3n) is 5.85. The van der Waals surface area contributed by atoms with Gasteiger partial charge < -0.3 is 24.5 Å². The van der Waals surface area contributed by atoms with Gasteiger partial charge in [-0.1, -0.05) is 31.5 Å². The maximum atomic E-state index is 13.1. The van der Waals surface area contributed by atoms with E-state index in [9.17, 15) is 14.7 Å². The van der Waals surface area contributed by atoms with Crippen LogP contribution in [-0.2, 0) is 9.59 Å². The number of para-hydroxylation sites is 1. The van der Waals surface area contributed by atoms with Crippen LogP contribution in [0, 0.1) is 0 Å². The second-order valence-electron chi connectivity index (χ2n) is 7.70. The highest BCUT2D eigenvalue weighted by molar-refractivity contribution is 6.46.